The van der Waals surface area contributed by atoms with E-state index in [2.05, 4.69) is 4.90 Å². The quantitative estimate of drug-likeness (QED) is 0.389. The summed E-state index contributed by atoms with van der Waals surface area (Å²) < 4.78 is 40.0. The molecule has 3 aromatic rings. The van der Waals surface area contributed by atoms with Crippen molar-refractivity contribution >= 4 is 54.2 Å². The van der Waals surface area contributed by atoms with Gasteiger partial charge in [-0.15, -0.1) is 0 Å². The van der Waals surface area contributed by atoms with E-state index in [9.17, 15) is 13.2 Å². The zero-order valence-electron chi connectivity index (χ0n) is 22.1. The van der Waals surface area contributed by atoms with Crippen LogP contribution < -0.4 is 4.90 Å². The monoisotopic (exact) mass is 592 g/mol. The topological polar surface area (TPSA) is 92.3 Å². The Hall–Kier alpha value is -2.12. The van der Waals surface area contributed by atoms with E-state index in [1.165, 1.54) is 27.8 Å². The van der Waals surface area contributed by atoms with Gasteiger partial charge in [0.1, 0.15) is 5.52 Å². The summed E-state index contributed by atoms with van der Waals surface area (Å²) in [6, 6.07) is 11.8. The molecule has 2 aromatic carbocycles. The van der Waals surface area contributed by atoms with Gasteiger partial charge < -0.3 is 9.47 Å². The molecular weight excluding hydrogens is 560 g/mol. The summed E-state index contributed by atoms with van der Waals surface area (Å²) in [5, 5.41) is 1.11. The van der Waals surface area contributed by atoms with E-state index in [0.29, 0.717) is 40.9 Å². The number of nitrogens with zero attached hydrogens (tertiary/aromatic N) is 4. The highest BCUT2D eigenvalue weighted by molar-refractivity contribution is 7.89. The van der Waals surface area contributed by atoms with Crippen LogP contribution in [0.4, 0.5) is 5.13 Å². The Morgan fingerprint density at radius 3 is 2.46 bits per heavy atom. The first-order valence-corrected chi connectivity index (χ1v) is 15.8. The number of rotatable bonds is 8. The molecule has 0 bridgehead atoms. The van der Waals surface area contributed by atoms with E-state index in [1.54, 1.807) is 23.1 Å². The molecule has 2 unspecified atom stereocenters. The number of amides is 1. The minimum absolute atomic E-state index is 0.158. The molecule has 0 spiro atoms. The number of halogens is 1. The first-order chi connectivity index (χ1) is 18.7. The maximum Gasteiger partial charge on any atom is 0.260 e. The fourth-order valence-electron chi connectivity index (χ4n) is 4.98. The van der Waals surface area contributed by atoms with Crippen LogP contribution in [0.1, 0.15) is 30.6 Å². The Morgan fingerprint density at radius 2 is 1.79 bits per heavy atom. The average Bonchev–Trinajstić information content (AvgIpc) is 3.36. The maximum atomic E-state index is 13.8. The van der Waals surface area contributed by atoms with Crippen molar-refractivity contribution in [3.8, 4) is 0 Å². The molecule has 2 aliphatic heterocycles. The lowest BCUT2D eigenvalue weighted by Gasteiger charge is -2.34. The summed E-state index contributed by atoms with van der Waals surface area (Å²) in [4.78, 5) is 22.7. The van der Waals surface area contributed by atoms with Crippen LogP contribution in [0.2, 0.25) is 5.02 Å². The van der Waals surface area contributed by atoms with E-state index >= 15 is 0 Å². The van der Waals surface area contributed by atoms with Gasteiger partial charge in [0.15, 0.2) is 5.13 Å². The second kappa shape index (κ2) is 12.2. The number of hydrogen-bond acceptors (Lipinski definition) is 8. The molecule has 1 aromatic heterocycles. The van der Waals surface area contributed by atoms with Crippen molar-refractivity contribution in [1.82, 2.24) is 14.2 Å². The van der Waals surface area contributed by atoms with Gasteiger partial charge in [-0.05, 0) is 56.7 Å². The van der Waals surface area contributed by atoms with Crippen molar-refractivity contribution in [3.05, 3.63) is 53.1 Å². The summed E-state index contributed by atoms with van der Waals surface area (Å²) in [6.07, 6.45) is 0.394. The zero-order chi connectivity index (χ0) is 27.6. The molecule has 0 radical (unpaired) electrons. The Morgan fingerprint density at radius 1 is 1.10 bits per heavy atom. The second-order valence-electron chi connectivity index (χ2n) is 9.95. The molecule has 210 valence electrons. The number of hydrogen-bond donors (Lipinski definition) is 0. The Bertz CT molecular complexity index is 1400. The van der Waals surface area contributed by atoms with Crippen LogP contribution in [-0.4, -0.2) is 93.2 Å². The molecule has 1 amide bonds. The van der Waals surface area contributed by atoms with E-state index in [0.717, 1.165) is 44.0 Å². The smallest absolute Gasteiger partial charge is 0.260 e. The molecule has 2 saturated heterocycles. The number of carbonyl (C=O) groups excluding carboxylic acids is 1. The van der Waals surface area contributed by atoms with Gasteiger partial charge in [-0.1, -0.05) is 29.0 Å². The van der Waals surface area contributed by atoms with Gasteiger partial charge >= 0.3 is 0 Å². The number of ether oxygens (including phenoxy) is 2. The minimum Gasteiger partial charge on any atom is -0.379 e. The number of thiazole rings is 1. The van der Waals surface area contributed by atoms with Gasteiger partial charge in [0, 0.05) is 44.8 Å². The number of fused-ring (bicyclic) bond motifs is 1. The fraction of sp³-hybridized carbons (Fsp3) is 0.481. The largest absolute Gasteiger partial charge is 0.379 e. The van der Waals surface area contributed by atoms with Crippen molar-refractivity contribution in [2.75, 3.05) is 57.4 Å². The lowest BCUT2D eigenvalue weighted by atomic mass is 10.2. The highest BCUT2D eigenvalue weighted by Crippen LogP contribution is 2.34. The molecular formula is C27H33ClN4O5S2. The molecule has 9 nitrogen and oxygen atoms in total. The molecule has 2 aliphatic rings. The SMILES string of the molecule is CC1CN(S(=O)(=O)c2ccc(C(=O)N(CCCN3CCOCC3)c3nc4c(Cl)cccc4s3)cc2)CC(C)O1. The van der Waals surface area contributed by atoms with Gasteiger partial charge in [0.25, 0.3) is 5.91 Å². The van der Waals surface area contributed by atoms with Gasteiger partial charge in [-0.25, -0.2) is 13.4 Å². The number of aromatic nitrogens is 1. The van der Waals surface area contributed by atoms with E-state index in [-0.39, 0.29) is 23.0 Å². The third-order valence-electron chi connectivity index (χ3n) is 6.92. The zero-order valence-corrected chi connectivity index (χ0v) is 24.5. The maximum absolute atomic E-state index is 13.8. The van der Waals surface area contributed by atoms with Crippen molar-refractivity contribution in [1.29, 1.82) is 0 Å². The van der Waals surface area contributed by atoms with Gasteiger partial charge in [-0.3, -0.25) is 14.6 Å². The highest BCUT2D eigenvalue weighted by Gasteiger charge is 2.32. The summed E-state index contributed by atoms with van der Waals surface area (Å²) in [7, 11) is -3.70. The molecule has 5 rings (SSSR count). The predicted octanol–water partition coefficient (Wildman–Crippen LogP) is 4.12. The summed E-state index contributed by atoms with van der Waals surface area (Å²) in [5.41, 5.74) is 1.06. The lowest BCUT2D eigenvalue weighted by Crippen LogP contribution is -2.48. The molecule has 39 heavy (non-hydrogen) atoms. The molecule has 0 aliphatic carbocycles. The molecule has 2 fully saturated rings. The number of sulfonamides is 1. The normalized spacial score (nSPS) is 21.3. The van der Waals surface area contributed by atoms with E-state index < -0.39 is 10.0 Å². The van der Waals surface area contributed by atoms with Crippen molar-refractivity contribution in [3.63, 3.8) is 0 Å². The molecule has 12 heteroatoms. The molecule has 0 saturated carbocycles. The van der Waals surface area contributed by atoms with Crippen LogP contribution in [0, 0.1) is 0 Å². The van der Waals surface area contributed by atoms with Gasteiger partial charge in [0.05, 0.1) is 40.0 Å². The Kier molecular flexibility index (Phi) is 8.87. The van der Waals surface area contributed by atoms with Gasteiger partial charge in [-0.2, -0.15) is 4.31 Å². The standard InChI is InChI=1S/C27H33ClN4O5S2/c1-19-17-31(18-20(2)37-19)39(34,35)22-9-7-21(8-10-22)26(33)32(12-4-11-30-13-15-36-16-14-30)27-29-25-23(28)5-3-6-24(25)38-27/h3,5-10,19-20H,4,11-18H2,1-2H3. The van der Waals surface area contributed by atoms with E-state index in [4.69, 9.17) is 26.1 Å². The summed E-state index contributed by atoms with van der Waals surface area (Å²) >= 11 is 7.79. The van der Waals surface area contributed by atoms with Crippen LogP contribution in [0.25, 0.3) is 10.2 Å². The van der Waals surface area contributed by atoms with E-state index in [1.807, 2.05) is 26.0 Å². The minimum atomic E-state index is -3.70. The Balaban J connectivity index is 1.37. The number of morpholine rings is 2. The summed E-state index contributed by atoms with van der Waals surface area (Å²) in [6.45, 7) is 8.82. The van der Waals surface area contributed by atoms with Crippen LogP contribution in [0.5, 0.6) is 0 Å². The second-order valence-corrected chi connectivity index (χ2v) is 13.3. The average molecular weight is 593 g/mol. The van der Waals surface area contributed by atoms with Crippen molar-refractivity contribution in [2.24, 2.45) is 0 Å². The molecule has 0 N–H and O–H groups in total. The Labute approximate surface area is 238 Å². The first-order valence-electron chi connectivity index (χ1n) is 13.1. The number of carbonyl (C=O) groups is 1. The summed E-state index contributed by atoms with van der Waals surface area (Å²) in [5.74, 6) is -0.232. The van der Waals surface area contributed by atoms with Crippen molar-refractivity contribution in [2.45, 2.75) is 37.4 Å². The third kappa shape index (κ3) is 6.45. The third-order valence-corrected chi connectivity index (χ3v) is 10.1. The van der Waals surface area contributed by atoms with Crippen LogP contribution >= 0.6 is 22.9 Å². The molecule has 3 heterocycles. The number of benzene rings is 2. The van der Waals surface area contributed by atoms with Crippen LogP contribution in [-0.2, 0) is 19.5 Å². The predicted molar refractivity (Wildman–Crippen MR) is 153 cm³/mol. The van der Waals surface area contributed by atoms with Crippen LogP contribution in [0.3, 0.4) is 0 Å². The number of para-hydroxylation sites is 1. The molecule has 2 atom stereocenters. The number of anilines is 1. The fourth-order valence-corrected chi connectivity index (χ4v) is 7.86. The van der Waals surface area contributed by atoms with Gasteiger partial charge in [0.2, 0.25) is 10.0 Å². The van der Waals surface area contributed by atoms with Crippen molar-refractivity contribution < 1.29 is 22.7 Å². The highest BCUT2D eigenvalue weighted by atomic mass is 35.5. The first kappa shape index (κ1) is 28.4. The lowest BCUT2D eigenvalue weighted by molar-refractivity contribution is -0.0440. The van der Waals surface area contributed by atoms with Crippen LogP contribution in [0.15, 0.2) is 47.4 Å².